The van der Waals surface area contributed by atoms with Crippen LogP contribution >= 0.6 is 0 Å². The zero-order valence-corrected chi connectivity index (χ0v) is 20.6. The van der Waals surface area contributed by atoms with Crippen molar-refractivity contribution in [3.05, 3.63) is 55.0 Å². The lowest BCUT2D eigenvalue weighted by atomic mass is 10.1. The summed E-state index contributed by atoms with van der Waals surface area (Å²) in [6.45, 7) is 2.31. The number of hydrogen-bond donors (Lipinski definition) is 1. The molecule has 0 spiro atoms. The molecule has 2 N–H and O–H groups in total. The van der Waals surface area contributed by atoms with Crippen molar-refractivity contribution in [1.29, 1.82) is 0 Å². The van der Waals surface area contributed by atoms with E-state index < -0.39 is 5.92 Å². The molecule has 0 saturated carbocycles. The van der Waals surface area contributed by atoms with E-state index in [0.29, 0.717) is 46.1 Å². The molecule has 8 nitrogen and oxygen atoms in total. The summed E-state index contributed by atoms with van der Waals surface area (Å²) in [5.74, 6) is -1.70. The summed E-state index contributed by atoms with van der Waals surface area (Å²) in [5.41, 5.74) is 9.81. The van der Waals surface area contributed by atoms with Gasteiger partial charge < -0.3 is 20.1 Å². The standard InChI is InChI=1S/C26H30F2N6O2/c1-26(27,28)7-10-34(20-11-21(35-2)14-22(12-20)36-3)19-5-6-23-24(13-19)32-25(16-30-23)18-15-31-33(17-18)9-4-8-29/h5-6,11-17H,4,7-10,29H2,1-3H3. The Balaban J connectivity index is 1.73. The van der Waals surface area contributed by atoms with Gasteiger partial charge in [-0.3, -0.25) is 9.67 Å². The maximum absolute atomic E-state index is 13.9. The largest absolute Gasteiger partial charge is 0.497 e. The number of benzene rings is 2. The summed E-state index contributed by atoms with van der Waals surface area (Å²) in [7, 11) is 3.10. The minimum atomic E-state index is -2.82. The molecule has 36 heavy (non-hydrogen) atoms. The van der Waals surface area contributed by atoms with Gasteiger partial charge in [0.15, 0.2) is 0 Å². The Morgan fingerprint density at radius 2 is 1.75 bits per heavy atom. The van der Waals surface area contributed by atoms with E-state index in [1.54, 1.807) is 49.7 Å². The van der Waals surface area contributed by atoms with Gasteiger partial charge in [0.25, 0.3) is 0 Å². The first-order valence-electron chi connectivity index (χ1n) is 11.7. The van der Waals surface area contributed by atoms with Crippen LogP contribution in [0.3, 0.4) is 0 Å². The third kappa shape index (κ3) is 6.06. The summed E-state index contributed by atoms with van der Waals surface area (Å²) < 4.78 is 40.4. The average Bonchev–Trinajstić information content (AvgIpc) is 3.35. The fraction of sp³-hybridized carbons (Fsp3) is 0.346. The highest BCUT2D eigenvalue weighted by Gasteiger charge is 2.24. The maximum atomic E-state index is 13.9. The van der Waals surface area contributed by atoms with Gasteiger partial charge in [0.2, 0.25) is 5.92 Å². The van der Waals surface area contributed by atoms with Gasteiger partial charge >= 0.3 is 0 Å². The van der Waals surface area contributed by atoms with Crippen molar-refractivity contribution in [2.75, 3.05) is 32.2 Å². The first-order valence-corrected chi connectivity index (χ1v) is 11.7. The number of fused-ring (bicyclic) bond motifs is 1. The number of aromatic nitrogens is 4. The number of halogens is 2. The summed E-state index contributed by atoms with van der Waals surface area (Å²) in [6.07, 6.45) is 5.85. The number of alkyl halides is 2. The van der Waals surface area contributed by atoms with Crippen LogP contribution < -0.4 is 20.1 Å². The molecule has 0 aliphatic rings. The van der Waals surface area contributed by atoms with Gasteiger partial charge in [-0.15, -0.1) is 0 Å². The molecular weight excluding hydrogens is 466 g/mol. The van der Waals surface area contributed by atoms with E-state index in [1.807, 2.05) is 29.1 Å². The van der Waals surface area contributed by atoms with E-state index in [4.69, 9.17) is 20.2 Å². The van der Waals surface area contributed by atoms with Crippen molar-refractivity contribution in [1.82, 2.24) is 19.7 Å². The van der Waals surface area contributed by atoms with Crippen LogP contribution in [0.1, 0.15) is 19.8 Å². The van der Waals surface area contributed by atoms with Crippen LogP contribution in [0.4, 0.5) is 20.2 Å². The van der Waals surface area contributed by atoms with E-state index in [9.17, 15) is 8.78 Å². The molecule has 0 aliphatic heterocycles. The van der Waals surface area contributed by atoms with Crippen LogP contribution in [0, 0.1) is 0 Å². The second-order valence-corrected chi connectivity index (χ2v) is 8.61. The highest BCUT2D eigenvalue weighted by molar-refractivity contribution is 5.82. The maximum Gasteiger partial charge on any atom is 0.247 e. The molecule has 0 unspecified atom stereocenters. The number of anilines is 2. The quantitative estimate of drug-likeness (QED) is 0.311. The summed E-state index contributed by atoms with van der Waals surface area (Å²) in [5, 5.41) is 4.37. The van der Waals surface area contributed by atoms with E-state index >= 15 is 0 Å². The lowest BCUT2D eigenvalue weighted by Gasteiger charge is -2.27. The molecule has 2 heterocycles. The predicted octanol–water partition coefficient (Wildman–Crippen LogP) is 5.04. The van der Waals surface area contributed by atoms with Gasteiger partial charge in [0.05, 0.1) is 43.3 Å². The minimum Gasteiger partial charge on any atom is -0.497 e. The number of ether oxygens (including phenoxy) is 2. The van der Waals surface area contributed by atoms with Crippen LogP contribution in [0.25, 0.3) is 22.3 Å². The first kappa shape index (κ1) is 25.3. The molecule has 0 saturated heterocycles. The molecule has 4 rings (SSSR count). The molecule has 2 aromatic carbocycles. The highest BCUT2D eigenvalue weighted by atomic mass is 19.3. The van der Waals surface area contributed by atoms with Gasteiger partial charge in [-0.25, -0.2) is 13.8 Å². The lowest BCUT2D eigenvalue weighted by molar-refractivity contribution is 0.0156. The summed E-state index contributed by atoms with van der Waals surface area (Å²) >= 11 is 0. The van der Waals surface area contributed by atoms with Crippen molar-refractivity contribution in [3.8, 4) is 22.8 Å². The Labute approximate surface area is 208 Å². The molecule has 0 amide bonds. The third-order valence-electron chi connectivity index (χ3n) is 5.78. The molecule has 10 heteroatoms. The van der Waals surface area contributed by atoms with Gasteiger partial charge in [0, 0.05) is 60.8 Å². The second-order valence-electron chi connectivity index (χ2n) is 8.61. The molecule has 190 valence electrons. The Morgan fingerprint density at radius 3 is 2.42 bits per heavy atom. The number of methoxy groups -OCH3 is 2. The molecular formula is C26H30F2N6O2. The zero-order chi connectivity index (χ0) is 25.7. The van der Waals surface area contributed by atoms with Crippen LogP contribution in [0.15, 0.2) is 55.0 Å². The Morgan fingerprint density at radius 1 is 1.00 bits per heavy atom. The third-order valence-corrected chi connectivity index (χ3v) is 5.78. The van der Waals surface area contributed by atoms with E-state index in [0.717, 1.165) is 25.5 Å². The average molecular weight is 497 g/mol. The SMILES string of the molecule is COc1cc(OC)cc(N(CCC(C)(F)F)c2ccc3ncc(-c4cnn(CCCN)c4)nc3c2)c1. The fourth-order valence-corrected chi connectivity index (χ4v) is 3.84. The molecule has 0 aliphatic carbocycles. The minimum absolute atomic E-state index is 0.0758. The number of rotatable bonds is 11. The monoisotopic (exact) mass is 496 g/mol. The second kappa shape index (κ2) is 10.9. The van der Waals surface area contributed by atoms with Gasteiger partial charge in [0.1, 0.15) is 11.5 Å². The topological polar surface area (TPSA) is 91.3 Å². The first-order chi connectivity index (χ1) is 17.3. The van der Waals surface area contributed by atoms with Crippen molar-refractivity contribution in [2.45, 2.75) is 32.2 Å². The zero-order valence-electron chi connectivity index (χ0n) is 20.6. The number of aryl methyl sites for hydroxylation is 1. The fourth-order valence-electron chi connectivity index (χ4n) is 3.84. The molecule has 2 aromatic heterocycles. The van der Waals surface area contributed by atoms with E-state index in [2.05, 4.69) is 10.1 Å². The normalized spacial score (nSPS) is 11.6. The van der Waals surface area contributed by atoms with Crippen LogP contribution in [-0.4, -0.2) is 53.0 Å². The number of nitrogens with two attached hydrogens (primary N) is 1. The van der Waals surface area contributed by atoms with Crippen molar-refractivity contribution in [2.24, 2.45) is 5.73 Å². The Bertz CT molecular complexity index is 1300. The van der Waals surface area contributed by atoms with Crippen LogP contribution in [0.5, 0.6) is 11.5 Å². The van der Waals surface area contributed by atoms with E-state index in [-0.39, 0.29) is 13.0 Å². The molecule has 0 fully saturated rings. The van der Waals surface area contributed by atoms with Crippen molar-refractivity contribution in [3.63, 3.8) is 0 Å². The number of hydrogen-bond acceptors (Lipinski definition) is 7. The molecule has 4 aromatic rings. The molecule has 0 atom stereocenters. The lowest BCUT2D eigenvalue weighted by Crippen LogP contribution is -2.24. The Hall–Kier alpha value is -3.79. The number of nitrogens with zero attached hydrogens (tertiary/aromatic N) is 5. The Kier molecular flexibility index (Phi) is 7.64. The van der Waals surface area contributed by atoms with Gasteiger partial charge in [-0.05, 0) is 38.1 Å². The summed E-state index contributed by atoms with van der Waals surface area (Å²) in [6, 6.07) is 10.9. The van der Waals surface area contributed by atoms with Crippen molar-refractivity contribution < 1.29 is 18.3 Å². The predicted molar refractivity (Wildman–Crippen MR) is 136 cm³/mol. The smallest absolute Gasteiger partial charge is 0.247 e. The molecule has 0 bridgehead atoms. The van der Waals surface area contributed by atoms with Gasteiger partial charge in [-0.1, -0.05) is 0 Å². The highest BCUT2D eigenvalue weighted by Crippen LogP contribution is 2.35. The van der Waals surface area contributed by atoms with Crippen molar-refractivity contribution >= 4 is 22.4 Å². The van der Waals surface area contributed by atoms with Gasteiger partial charge in [-0.2, -0.15) is 5.10 Å². The molecule has 0 radical (unpaired) electrons. The van der Waals surface area contributed by atoms with Crippen LogP contribution in [0.2, 0.25) is 0 Å². The van der Waals surface area contributed by atoms with Crippen LogP contribution in [-0.2, 0) is 6.54 Å². The summed E-state index contributed by atoms with van der Waals surface area (Å²) in [4.78, 5) is 11.1. The van der Waals surface area contributed by atoms with E-state index in [1.165, 1.54) is 0 Å².